The number of carbonyl (C=O) groups is 1. The van der Waals surface area contributed by atoms with Gasteiger partial charge in [-0.05, 0) is 18.9 Å². The molecule has 1 N–H and O–H groups in total. The molecule has 5 heteroatoms. The van der Waals surface area contributed by atoms with Crippen LogP contribution in [0.5, 0.6) is 0 Å². The molecule has 0 spiro atoms. The van der Waals surface area contributed by atoms with Crippen LogP contribution in [0, 0.1) is 5.41 Å². The monoisotopic (exact) mass is 289 g/mol. The highest BCUT2D eigenvalue weighted by Crippen LogP contribution is 2.41. The molecular formula is C15H15NO3S. The highest BCUT2D eigenvalue weighted by Gasteiger charge is 2.27. The molecule has 104 valence electrons. The molecule has 4 nitrogen and oxygen atoms in total. The van der Waals surface area contributed by atoms with E-state index in [1.165, 1.54) is 12.0 Å². The number of hydrogen-bond acceptors (Lipinski definition) is 5. The Bertz CT molecular complexity index is 598. The number of carbonyl (C=O) groups excluding carboxylic acids is 1. The molecule has 0 saturated heterocycles. The second-order valence-corrected chi connectivity index (χ2v) is 6.09. The van der Waals surface area contributed by atoms with Gasteiger partial charge in [0, 0.05) is 22.6 Å². The van der Waals surface area contributed by atoms with E-state index < -0.39 is 0 Å². The molecule has 1 heterocycles. The molecule has 0 aromatic rings. The fourth-order valence-corrected chi connectivity index (χ4v) is 3.57. The summed E-state index contributed by atoms with van der Waals surface area (Å²) in [5.41, 5.74) is 2.21. The van der Waals surface area contributed by atoms with Crippen molar-refractivity contribution in [3.05, 3.63) is 46.3 Å². The topological polar surface area (TPSA) is 59.4 Å². The van der Waals surface area contributed by atoms with Gasteiger partial charge in [-0.1, -0.05) is 12.2 Å². The van der Waals surface area contributed by atoms with Crippen molar-refractivity contribution in [2.45, 2.75) is 24.5 Å². The van der Waals surface area contributed by atoms with E-state index in [1.54, 1.807) is 24.1 Å². The van der Waals surface area contributed by atoms with Gasteiger partial charge in [0.2, 0.25) is 0 Å². The summed E-state index contributed by atoms with van der Waals surface area (Å²) in [5, 5.41) is 7.94. The van der Waals surface area contributed by atoms with Crippen LogP contribution in [0.15, 0.2) is 46.3 Å². The summed E-state index contributed by atoms with van der Waals surface area (Å²) in [6.07, 6.45) is 9.59. The van der Waals surface area contributed by atoms with Crippen LogP contribution in [0.25, 0.3) is 0 Å². The van der Waals surface area contributed by atoms with E-state index in [2.05, 4.69) is 0 Å². The van der Waals surface area contributed by atoms with Crippen molar-refractivity contribution >= 4 is 23.4 Å². The maximum Gasteiger partial charge on any atom is 0.337 e. The van der Waals surface area contributed by atoms with Crippen LogP contribution in [-0.4, -0.2) is 24.0 Å². The lowest BCUT2D eigenvalue weighted by atomic mass is 10.0. The molecule has 20 heavy (non-hydrogen) atoms. The number of ether oxygens (including phenoxy) is 2. The first-order valence-corrected chi connectivity index (χ1v) is 7.35. The van der Waals surface area contributed by atoms with Crippen molar-refractivity contribution in [1.82, 2.24) is 0 Å². The number of allylic oxidation sites excluding steroid dienone is 3. The number of methoxy groups -OCH3 is 1. The first-order valence-electron chi connectivity index (χ1n) is 6.47. The summed E-state index contributed by atoms with van der Waals surface area (Å²) in [6.45, 7) is 0. The lowest BCUT2D eigenvalue weighted by Gasteiger charge is -2.20. The van der Waals surface area contributed by atoms with Gasteiger partial charge in [-0.25, -0.2) is 4.79 Å². The van der Waals surface area contributed by atoms with Gasteiger partial charge in [-0.2, -0.15) is 0 Å². The van der Waals surface area contributed by atoms with Crippen LogP contribution < -0.4 is 0 Å². The van der Waals surface area contributed by atoms with Crippen molar-refractivity contribution in [3.63, 3.8) is 0 Å². The normalized spacial score (nSPS) is 24.9. The Morgan fingerprint density at radius 2 is 2.35 bits per heavy atom. The standard InChI is InChI=1S/C15H15NO3S/c1-18-15(17)9-2-4-13-10(6-9)8-19-12-7-11(16)3-5-14(12)20-13/h2,4,6,8,13,16H,3,5,7H2,1H3. The van der Waals surface area contributed by atoms with E-state index >= 15 is 0 Å². The summed E-state index contributed by atoms with van der Waals surface area (Å²) >= 11 is 1.75. The molecule has 2 aliphatic carbocycles. The molecular weight excluding hydrogens is 274 g/mol. The molecule has 1 aliphatic heterocycles. The van der Waals surface area contributed by atoms with E-state index in [0.717, 1.165) is 24.2 Å². The van der Waals surface area contributed by atoms with Crippen molar-refractivity contribution in [2.75, 3.05) is 7.11 Å². The van der Waals surface area contributed by atoms with Crippen molar-refractivity contribution < 1.29 is 14.3 Å². The molecule has 3 rings (SSSR count). The SMILES string of the molecule is COC(=O)C1=CC2=COC3=C(CCC(=N)C3)SC2C=C1. The third kappa shape index (κ3) is 2.45. The van der Waals surface area contributed by atoms with E-state index in [4.69, 9.17) is 14.9 Å². The second kappa shape index (κ2) is 5.32. The summed E-state index contributed by atoms with van der Waals surface area (Å²) in [6, 6.07) is 0. The largest absolute Gasteiger partial charge is 0.468 e. The number of hydrogen-bond donors (Lipinski definition) is 1. The summed E-state index contributed by atoms with van der Waals surface area (Å²) in [4.78, 5) is 12.8. The number of rotatable bonds is 1. The Labute approximate surface area is 121 Å². The van der Waals surface area contributed by atoms with Crippen LogP contribution >= 0.6 is 11.8 Å². The Balaban J connectivity index is 1.86. The minimum atomic E-state index is -0.339. The second-order valence-electron chi connectivity index (χ2n) is 4.85. The Hall–Kier alpha value is -1.75. The smallest absolute Gasteiger partial charge is 0.337 e. The molecule has 1 atom stereocenters. The minimum Gasteiger partial charge on any atom is -0.468 e. The van der Waals surface area contributed by atoms with Crippen LogP contribution in [-0.2, 0) is 14.3 Å². The summed E-state index contributed by atoms with van der Waals surface area (Å²) < 4.78 is 10.5. The highest BCUT2D eigenvalue weighted by molar-refractivity contribution is 8.04. The maximum absolute atomic E-state index is 11.6. The van der Waals surface area contributed by atoms with Crippen molar-refractivity contribution in [2.24, 2.45) is 0 Å². The highest BCUT2D eigenvalue weighted by atomic mass is 32.2. The lowest BCUT2D eigenvalue weighted by Crippen LogP contribution is -2.12. The van der Waals surface area contributed by atoms with Gasteiger partial charge in [0.05, 0.1) is 24.2 Å². The number of fused-ring (bicyclic) bond motifs is 1. The van der Waals surface area contributed by atoms with E-state index in [-0.39, 0.29) is 11.2 Å². The van der Waals surface area contributed by atoms with Gasteiger partial charge in [-0.3, -0.25) is 0 Å². The van der Waals surface area contributed by atoms with E-state index in [1.807, 2.05) is 12.2 Å². The zero-order valence-corrected chi connectivity index (χ0v) is 12.0. The van der Waals surface area contributed by atoms with Crippen LogP contribution in [0.3, 0.4) is 0 Å². The fourth-order valence-electron chi connectivity index (χ4n) is 2.37. The number of nitrogens with one attached hydrogen (secondary N) is 1. The molecule has 0 aromatic heterocycles. The van der Waals surface area contributed by atoms with Gasteiger partial charge < -0.3 is 14.9 Å². The van der Waals surface area contributed by atoms with Gasteiger partial charge in [-0.15, -0.1) is 11.8 Å². The molecule has 1 unspecified atom stereocenters. The van der Waals surface area contributed by atoms with E-state index in [9.17, 15) is 4.79 Å². The van der Waals surface area contributed by atoms with Gasteiger partial charge in [0.25, 0.3) is 0 Å². The predicted molar refractivity (Wildman–Crippen MR) is 78.4 cm³/mol. The molecule has 0 fully saturated rings. The minimum absolute atomic E-state index is 0.170. The molecule has 0 radical (unpaired) electrons. The molecule has 0 saturated carbocycles. The van der Waals surface area contributed by atoms with Crippen LogP contribution in [0.1, 0.15) is 19.3 Å². The molecule has 0 bridgehead atoms. The lowest BCUT2D eigenvalue weighted by molar-refractivity contribution is -0.135. The Kier molecular flexibility index (Phi) is 3.53. The quantitative estimate of drug-likeness (QED) is 0.754. The maximum atomic E-state index is 11.6. The van der Waals surface area contributed by atoms with Crippen LogP contribution in [0.4, 0.5) is 0 Å². The fraction of sp³-hybridized carbons (Fsp3) is 0.333. The average Bonchev–Trinajstić information content (AvgIpc) is 2.64. The van der Waals surface area contributed by atoms with Crippen LogP contribution in [0.2, 0.25) is 0 Å². The first kappa shape index (κ1) is 13.2. The summed E-state index contributed by atoms with van der Waals surface area (Å²) in [5.74, 6) is 0.545. The zero-order chi connectivity index (χ0) is 14.1. The summed E-state index contributed by atoms with van der Waals surface area (Å²) in [7, 11) is 1.38. The number of thioether (sulfide) groups is 1. The Morgan fingerprint density at radius 1 is 1.50 bits per heavy atom. The zero-order valence-electron chi connectivity index (χ0n) is 11.1. The predicted octanol–water partition coefficient (Wildman–Crippen LogP) is 3.09. The number of esters is 1. The third-order valence-electron chi connectivity index (χ3n) is 3.47. The Morgan fingerprint density at radius 3 is 3.15 bits per heavy atom. The first-order chi connectivity index (χ1) is 9.67. The van der Waals surface area contributed by atoms with Gasteiger partial charge >= 0.3 is 5.97 Å². The molecule has 3 aliphatic rings. The van der Waals surface area contributed by atoms with Crippen molar-refractivity contribution in [3.8, 4) is 0 Å². The van der Waals surface area contributed by atoms with E-state index in [0.29, 0.717) is 17.7 Å². The van der Waals surface area contributed by atoms with Gasteiger partial charge in [0.1, 0.15) is 5.76 Å². The van der Waals surface area contributed by atoms with Gasteiger partial charge in [0.15, 0.2) is 0 Å². The molecule has 0 aromatic carbocycles. The third-order valence-corrected chi connectivity index (χ3v) is 4.87. The molecule has 0 amide bonds. The van der Waals surface area contributed by atoms with Crippen molar-refractivity contribution in [1.29, 1.82) is 5.41 Å². The average molecular weight is 289 g/mol.